The number of nitrogens with zero attached hydrogens (tertiary/aromatic N) is 2. The first-order chi connectivity index (χ1) is 19.5. The van der Waals surface area contributed by atoms with Crippen molar-refractivity contribution in [3.8, 4) is 11.5 Å². The van der Waals surface area contributed by atoms with Crippen LogP contribution in [0.15, 0.2) is 53.5 Å². The third-order valence-corrected chi connectivity index (χ3v) is 6.10. The average molecular weight is 581 g/mol. The Morgan fingerprint density at radius 3 is 1.95 bits per heavy atom. The largest absolute Gasteiger partial charge is 0.493 e. The molecule has 3 amide bonds. The second-order valence-electron chi connectivity index (χ2n) is 12.3. The molecule has 1 fully saturated rings. The number of carbonyl (C=O) groups excluding carboxylic acids is 4. The predicted octanol–water partition coefficient (Wildman–Crippen LogP) is 6.40. The number of amides is 3. The van der Waals surface area contributed by atoms with Gasteiger partial charge in [-0.15, -0.1) is 4.90 Å². The molecule has 1 heterocycles. The number of ether oxygens (including phenoxy) is 4. The average Bonchev–Trinajstić information content (AvgIpc) is 3.69. The first-order valence-electron chi connectivity index (χ1n) is 13.8. The predicted molar refractivity (Wildman–Crippen MR) is 157 cm³/mol. The Bertz CT molecular complexity index is 1330. The van der Waals surface area contributed by atoms with Gasteiger partial charge in [-0.1, -0.05) is 6.07 Å². The Morgan fingerprint density at radius 2 is 1.50 bits per heavy atom. The van der Waals surface area contributed by atoms with Crippen LogP contribution in [0, 0.1) is 5.92 Å². The van der Waals surface area contributed by atoms with E-state index in [0.29, 0.717) is 51.5 Å². The maximum atomic E-state index is 14.3. The van der Waals surface area contributed by atoms with Gasteiger partial charge in [0.25, 0.3) is 5.91 Å². The molecular formula is C32H40N2O8. The maximum absolute atomic E-state index is 14.3. The van der Waals surface area contributed by atoms with Crippen molar-refractivity contribution in [2.75, 3.05) is 13.7 Å². The number of rotatable bonds is 7. The Kier molecular flexibility index (Phi) is 9.74. The lowest BCUT2D eigenvalue weighted by molar-refractivity contribution is -0.123. The van der Waals surface area contributed by atoms with Crippen LogP contribution in [0.1, 0.15) is 73.8 Å². The van der Waals surface area contributed by atoms with Crippen LogP contribution in [0.5, 0.6) is 11.5 Å². The van der Waals surface area contributed by atoms with Crippen molar-refractivity contribution in [3.63, 3.8) is 0 Å². The zero-order chi connectivity index (χ0) is 31.4. The monoisotopic (exact) mass is 580 g/mol. The number of imide groups is 3. The fourth-order valence-corrected chi connectivity index (χ4v) is 3.98. The number of carbonyl (C=O) groups is 3. The van der Waals surface area contributed by atoms with Crippen molar-refractivity contribution < 1.29 is 38.1 Å². The molecule has 1 aromatic rings. The van der Waals surface area contributed by atoms with Gasteiger partial charge in [0.2, 0.25) is 0 Å². The molecule has 0 spiro atoms. The van der Waals surface area contributed by atoms with Crippen molar-refractivity contribution in [3.05, 3.63) is 59.1 Å². The molecular weight excluding hydrogens is 540 g/mol. The third kappa shape index (κ3) is 8.60. The summed E-state index contributed by atoms with van der Waals surface area (Å²) >= 11 is 0. The number of benzene rings is 1. The summed E-state index contributed by atoms with van der Waals surface area (Å²) in [5.41, 5.74) is -0.141. The second kappa shape index (κ2) is 12.7. The number of hydrogen-bond donors (Lipinski definition) is 0. The molecule has 0 unspecified atom stereocenters. The minimum absolute atomic E-state index is 0.0373. The van der Waals surface area contributed by atoms with Gasteiger partial charge in [0.05, 0.1) is 24.9 Å². The van der Waals surface area contributed by atoms with Crippen molar-refractivity contribution in [2.24, 2.45) is 5.92 Å². The Labute approximate surface area is 247 Å². The highest BCUT2D eigenvalue weighted by Gasteiger charge is 2.39. The highest BCUT2D eigenvalue weighted by atomic mass is 16.6. The normalized spacial score (nSPS) is 15.7. The SMILES string of the molecule is COc1ccc(/C(=C/N2C(C)=CC(=C=O)C=C2C)C(=O)N(C(=O)OC(C)(C)C)C(=O)OC(C)(C)C)cc1OCC1CC1. The molecule has 0 bridgehead atoms. The molecule has 1 aromatic carbocycles. The van der Waals surface area contributed by atoms with E-state index < -0.39 is 29.3 Å². The van der Waals surface area contributed by atoms with E-state index in [0.717, 1.165) is 12.8 Å². The Morgan fingerprint density at radius 1 is 0.952 bits per heavy atom. The van der Waals surface area contributed by atoms with Gasteiger partial charge < -0.3 is 23.8 Å². The van der Waals surface area contributed by atoms with Gasteiger partial charge in [-0.25, -0.2) is 14.4 Å². The van der Waals surface area contributed by atoms with Crippen LogP contribution in [0.4, 0.5) is 9.59 Å². The molecule has 0 aromatic heterocycles. The minimum Gasteiger partial charge on any atom is -0.493 e. The number of allylic oxidation sites excluding steroid dienone is 5. The molecule has 0 N–H and O–H groups in total. The lowest BCUT2D eigenvalue weighted by Gasteiger charge is -2.30. The van der Waals surface area contributed by atoms with E-state index in [2.05, 4.69) is 0 Å². The molecule has 3 rings (SSSR count). The fourth-order valence-electron chi connectivity index (χ4n) is 3.98. The molecule has 42 heavy (non-hydrogen) atoms. The van der Waals surface area contributed by atoms with Crippen molar-refractivity contribution in [1.29, 1.82) is 0 Å². The third-order valence-electron chi connectivity index (χ3n) is 6.10. The van der Waals surface area contributed by atoms with Gasteiger partial charge in [0.1, 0.15) is 17.1 Å². The lowest BCUT2D eigenvalue weighted by Crippen LogP contribution is -2.47. The van der Waals surface area contributed by atoms with Gasteiger partial charge in [-0.2, -0.15) is 0 Å². The van der Waals surface area contributed by atoms with Crippen LogP contribution < -0.4 is 9.47 Å². The quantitative estimate of drug-likeness (QED) is 0.267. The van der Waals surface area contributed by atoms with E-state index >= 15 is 0 Å². The van der Waals surface area contributed by atoms with Crippen LogP contribution >= 0.6 is 0 Å². The molecule has 0 radical (unpaired) electrons. The van der Waals surface area contributed by atoms with E-state index in [1.54, 1.807) is 90.6 Å². The Balaban J connectivity index is 2.19. The maximum Gasteiger partial charge on any atom is 0.427 e. The molecule has 1 aliphatic heterocycles. The van der Waals surface area contributed by atoms with Crippen molar-refractivity contribution in [2.45, 2.75) is 79.4 Å². The summed E-state index contributed by atoms with van der Waals surface area (Å²) in [4.78, 5) is 54.3. The van der Waals surface area contributed by atoms with Gasteiger partial charge in [0.15, 0.2) is 11.5 Å². The smallest absolute Gasteiger partial charge is 0.427 e. The van der Waals surface area contributed by atoms with E-state index in [1.807, 2.05) is 5.94 Å². The van der Waals surface area contributed by atoms with Gasteiger partial charge in [-0.05, 0) is 104 Å². The van der Waals surface area contributed by atoms with E-state index in [4.69, 9.17) is 18.9 Å². The molecule has 10 heteroatoms. The summed E-state index contributed by atoms with van der Waals surface area (Å²) < 4.78 is 22.4. The highest BCUT2D eigenvalue weighted by Crippen LogP contribution is 2.36. The van der Waals surface area contributed by atoms with E-state index in [9.17, 15) is 19.2 Å². The summed E-state index contributed by atoms with van der Waals surface area (Å²) in [5, 5.41) is 0. The summed E-state index contributed by atoms with van der Waals surface area (Å²) in [6, 6.07) is 4.92. The lowest BCUT2D eigenvalue weighted by atomic mass is 10.0. The first-order valence-corrected chi connectivity index (χ1v) is 13.8. The molecule has 0 atom stereocenters. The molecule has 10 nitrogen and oxygen atoms in total. The van der Waals surface area contributed by atoms with Crippen LogP contribution in [0.25, 0.3) is 5.57 Å². The topological polar surface area (TPSA) is 112 Å². The summed E-state index contributed by atoms with van der Waals surface area (Å²) in [6.07, 6.45) is 4.50. The van der Waals surface area contributed by atoms with Gasteiger partial charge >= 0.3 is 12.2 Å². The van der Waals surface area contributed by atoms with Gasteiger partial charge in [-0.3, -0.25) is 4.79 Å². The van der Waals surface area contributed by atoms with Crippen molar-refractivity contribution in [1.82, 2.24) is 9.80 Å². The zero-order valence-electron chi connectivity index (χ0n) is 25.8. The summed E-state index contributed by atoms with van der Waals surface area (Å²) in [7, 11) is 1.52. The van der Waals surface area contributed by atoms with E-state index in [-0.39, 0.29) is 5.57 Å². The number of hydrogen-bond acceptors (Lipinski definition) is 9. The standard InChI is InChI=1S/C32H40N2O8/c1-20-14-23(18-35)15-21(2)33(20)17-25(24-12-13-26(39-9)27(16-24)40-19-22-10-11-22)28(36)34(29(37)41-31(3,4)5)30(38)42-32(6,7)8/h12-17,22H,10-11,19H2,1-9H3/b25-17-. The molecule has 1 saturated carbocycles. The molecule has 2 aliphatic rings. The summed E-state index contributed by atoms with van der Waals surface area (Å²) in [6.45, 7) is 13.8. The van der Waals surface area contributed by atoms with E-state index in [1.165, 1.54) is 13.3 Å². The molecule has 0 saturated heterocycles. The van der Waals surface area contributed by atoms with Crippen LogP contribution in [-0.4, -0.2) is 58.8 Å². The van der Waals surface area contributed by atoms with Crippen LogP contribution in [-0.2, 0) is 19.1 Å². The van der Waals surface area contributed by atoms with Gasteiger partial charge in [0, 0.05) is 17.6 Å². The zero-order valence-corrected chi connectivity index (χ0v) is 25.8. The molecule has 226 valence electrons. The number of methoxy groups -OCH3 is 1. The fraction of sp³-hybridized carbons (Fsp3) is 0.469. The summed E-state index contributed by atoms with van der Waals surface area (Å²) in [5.74, 6) is 2.23. The van der Waals surface area contributed by atoms with Crippen molar-refractivity contribution >= 4 is 29.6 Å². The van der Waals surface area contributed by atoms with Crippen LogP contribution in [0.3, 0.4) is 0 Å². The minimum atomic E-state index is -1.18. The van der Waals surface area contributed by atoms with Crippen LogP contribution in [0.2, 0.25) is 0 Å². The first kappa shape index (κ1) is 32.2. The second-order valence-corrected chi connectivity index (χ2v) is 12.3. The highest BCUT2D eigenvalue weighted by molar-refractivity contribution is 6.28. The Hall–Kier alpha value is -4.30. The molecule has 1 aliphatic carbocycles.